The Morgan fingerprint density at radius 1 is 1.15 bits per heavy atom. The van der Waals surface area contributed by atoms with Crippen LogP contribution in [0.2, 0.25) is 0 Å². The molecule has 2 aromatic rings. The fourth-order valence-electron chi connectivity index (χ4n) is 2.56. The van der Waals surface area contributed by atoms with Crippen LogP contribution in [-0.2, 0) is 6.42 Å². The number of aryl methyl sites for hydroxylation is 3. The molecule has 0 amide bonds. The minimum absolute atomic E-state index is 0.320. The molecule has 2 nitrogen and oxygen atoms in total. The van der Waals surface area contributed by atoms with Crippen LogP contribution in [0.3, 0.4) is 0 Å². The average molecular weight is 288 g/mol. The molecule has 0 aliphatic rings. The van der Waals surface area contributed by atoms with Crippen molar-refractivity contribution in [2.75, 3.05) is 6.54 Å². The molecule has 0 radical (unpaired) electrons. The first kappa shape index (κ1) is 15.2. The molecular weight excluding hydrogens is 264 g/mol. The zero-order chi connectivity index (χ0) is 14.5. The fraction of sp³-hybridized carbons (Fsp3) is 0.471. The van der Waals surface area contributed by atoms with E-state index < -0.39 is 0 Å². The molecule has 0 aliphatic carbocycles. The van der Waals surface area contributed by atoms with Crippen molar-refractivity contribution in [2.45, 2.75) is 46.6 Å². The first-order valence-corrected chi connectivity index (χ1v) is 8.19. The highest BCUT2D eigenvalue weighted by Crippen LogP contribution is 2.22. The number of benzene rings is 1. The second-order valence-electron chi connectivity index (χ2n) is 5.50. The lowest BCUT2D eigenvalue weighted by atomic mass is 10.00. The Hall–Kier alpha value is -1.19. The maximum atomic E-state index is 4.66. The normalized spacial score (nSPS) is 12.6. The van der Waals surface area contributed by atoms with Gasteiger partial charge in [-0.25, -0.2) is 4.98 Å². The monoisotopic (exact) mass is 288 g/mol. The van der Waals surface area contributed by atoms with E-state index in [4.69, 9.17) is 0 Å². The van der Waals surface area contributed by atoms with Gasteiger partial charge in [-0.3, -0.25) is 0 Å². The Morgan fingerprint density at radius 3 is 2.40 bits per heavy atom. The van der Waals surface area contributed by atoms with Crippen LogP contribution < -0.4 is 5.32 Å². The summed E-state index contributed by atoms with van der Waals surface area (Å²) < 4.78 is 0. The summed E-state index contributed by atoms with van der Waals surface area (Å²) in [6, 6.07) is 7.12. The molecule has 1 heterocycles. The van der Waals surface area contributed by atoms with Crippen molar-refractivity contribution < 1.29 is 0 Å². The third kappa shape index (κ3) is 4.15. The van der Waals surface area contributed by atoms with Crippen LogP contribution in [0.15, 0.2) is 23.6 Å². The van der Waals surface area contributed by atoms with Gasteiger partial charge in [-0.15, -0.1) is 11.3 Å². The zero-order valence-corrected chi connectivity index (χ0v) is 13.7. The molecule has 108 valence electrons. The first-order valence-electron chi connectivity index (χ1n) is 7.31. The van der Waals surface area contributed by atoms with Gasteiger partial charge in [-0.05, 0) is 45.7 Å². The summed E-state index contributed by atoms with van der Waals surface area (Å²) in [6.45, 7) is 9.64. The van der Waals surface area contributed by atoms with Gasteiger partial charge < -0.3 is 5.32 Å². The topological polar surface area (TPSA) is 24.9 Å². The molecule has 0 bridgehead atoms. The van der Waals surface area contributed by atoms with Crippen LogP contribution in [0.1, 0.15) is 46.8 Å². The molecule has 1 atom stereocenters. The summed E-state index contributed by atoms with van der Waals surface area (Å²) in [5.41, 5.74) is 5.24. The van der Waals surface area contributed by atoms with Crippen molar-refractivity contribution in [1.82, 2.24) is 10.3 Å². The van der Waals surface area contributed by atoms with E-state index in [9.17, 15) is 0 Å². The lowest BCUT2D eigenvalue weighted by Crippen LogP contribution is -2.24. The molecule has 0 saturated carbocycles. The molecule has 20 heavy (non-hydrogen) atoms. The molecule has 2 rings (SSSR count). The zero-order valence-electron chi connectivity index (χ0n) is 12.9. The smallest absolute Gasteiger partial charge is 0.0898 e. The lowest BCUT2D eigenvalue weighted by Gasteiger charge is -2.17. The average Bonchev–Trinajstić information content (AvgIpc) is 2.80. The van der Waals surface area contributed by atoms with Crippen LogP contribution in [0.4, 0.5) is 0 Å². The molecule has 1 unspecified atom stereocenters. The van der Waals surface area contributed by atoms with Crippen molar-refractivity contribution in [3.05, 3.63) is 51.0 Å². The fourth-order valence-corrected chi connectivity index (χ4v) is 3.23. The summed E-state index contributed by atoms with van der Waals surface area (Å²) in [5.74, 6) is 0. The number of hydrogen-bond donors (Lipinski definition) is 1. The van der Waals surface area contributed by atoms with E-state index in [1.807, 2.05) is 0 Å². The Bertz CT molecular complexity index is 540. The van der Waals surface area contributed by atoms with E-state index in [0.717, 1.165) is 24.4 Å². The molecule has 1 aromatic carbocycles. The van der Waals surface area contributed by atoms with Crippen LogP contribution in [0.5, 0.6) is 0 Å². The van der Waals surface area contributed by atoms with Crippen molar-refractivity contribution in [3.8, 4) is 0 Å². The third-order valence-corrected chi connectivity index (χ3v) is 4.15. The van der Waals surface area contributed by atoms with Gasteiger partial charge >= 0.3 is 0 Å². The Morgan fingerprint density at radius 2 is 1.85 bits per heavy atom. The van der Waals surface area contributed by atoms with Crippen molar-refractivity contribution in [3.63, 3.8) is 0 Å². The van der Waals surface area contributed by atoms with Gasteiger partial charge in [0.05, 0.1) is 16.7 Å². The quantitative estimate of drug-likeness (QED) is 0.854. The number of aromatic nitrogens is 1. The minimum atomic E-state index is 0.320. The molecule has 0 aliphatic heterocycles. The van der Waals surface area contributed by atoms with Gasteiger partial charge in [0.15, 0.2) is 0 Å². The van der Waals surface area contributed by atoms with Crippen LogP contribution in [0, 0.1) is 20.8 Å². The Labute approximate surface area is 126 Å². The van der Waals surface area contributed by atoms with Gasteiger partial charge in [-0.1, -0.05) is 36.2 Å². The standard InChI is InChI=1S/C17H24N2S/c1-5-6-18-16(17-11-20-14(4)19-17)10-15-8-12(2)7-13(3)9-15/h7-9,11,16,18H,5-6,10H2,1-4H3. The molecule has 0 fully saturated rings. The largest absolute Gasteiger partial charge is 0.308 e. The van der Waals surface area contributed by atoms with E-state index >= 15 is 0 Å². The first-order chi connectivity index (χ1) is 9.58. The number of hydrogen-bond acceptors (Lipinski definition) is 3. The maximum absolute atomic E-state index is 4.66. The van der Waals surface area contributed by atoms with Crippen LogP contribution in [0.25, 0.3) is 0 Å². The number of nitrogens with zero attached hydrogens (tertiary/aromatic N) is 1. The molecule has 1 N–H and O–H groups in total. The predicted octanol–water partition coefficient (Wildman–Crippen LogP) is 4.35. The summed E-state index contributed by atoms with van der Waals surface area (Å²) >= 11 is 1.73. The minimum Gasteiger partial charge on any atom is -0.308 e. The highest BCUT2D eigenvalue weighted by Gasteiger charge is 2.14. The van der Waals surface area contributed by atoms with Crippen molar-refractivity contribution >= 4 is 11.3 Å². The van der Waals surface area contributed by atoms with E-state index in [0.29, 0.717) is 6.04 Å². The molecule has 1 aromatic heterocycles. The van der Waals surface area contributed by atoms with Crippen LogP contribution in [-0.4, -0.2) is 11.5 Å². The summed E-state index contributed by atoms with van der Waals surface area (Å²) in [6.07, 6.45) is 2.15. The Balaban J connectivity index is 2.18. The highest BCUT2D eigenvalue weighted by atomic mass is 32.1. The number of thiazole rings is 1. The van der Waals surface area contributed by atoms with Crippen LogP contribution >= 0.6 is 11.3 Å². The summed E-state index contributed by atoms with van der Waals surface area (Å²) in [5, 5.41) is 6.96. The molecule has 3 heteroatoms. The van der Waals surface area contributed by atoms with Gasteiger partial charge in [0, 0.05) is 5.38 Å². The maximum Gasteiger partial charge on any atom is 0.0898 e. The van der Waals surface area contributed by atoms with E-state index in [-0.39, 0.29) is 0 Å². The predicted molar refractivity (Wildman–Crippen MR) is 87.5 cm³/mol. The van der Waals surface area contributed by atoms with Crippen molar-refractivity contribution in [1.29, 1.82) is 0 Å². The summed E-state index contributed by atoms with van der Waals surface area (Å²) in [4.78, 5) is 4.66. The SMILES string of the molecule is CCCNC(Cc1cc(C)cc(C)c1)c1csc(C)n1. The molecule has 0 saturated heterocycles. The lowest BCUT2D eigenvalue weighted by molar-refractivity contribution is 0.519. The number of nitrogens with one attached hydrogen (secondary N) is 1. The van der Waals surface area contributed by atoms with Gasteiger partial charge in [0.2, 0.25) is 0 Å². The molecule has 0 spiro atoms. The Kier molecular flexibility index (Phi) is 5.32. The van der Waals surface area contributed by atoms with Crippen molar-refractivity contribution in [2.24, 2.45) is 0 Å². The van der Waals surface area contributed by atoms with Gasteiger partial charge in [-0.2, -0.15) is 0 Å². The summed E-state index contributed by atoms with van der Waals surface area (Å²) in [7, 11) is 0. The highest BCUT2D eigenvalue weighted by molar-refractivity contribution is 7.09. The van der Waals surface area contributed by atoms with E-state index in [1.165, 1.54) is 22.4 Å². The van der Waals surface area contributed by atoms with E-state index in [1.54, 1.807) is 11.3 Å². The van der Waals surface area contributed by atoms with Gasteiger partial charge in [0.1, 0.15) is 0 Å². The van der Waals surface area contributed by atoms with Gasteiger partial charge in [0.25, 0.3) is 0 Å². The second kappa shape index (κ2) is 7.00. The second-order valence-corrected chi connectivity index (χ2v) is 6.56. The molecular formula is C17H24N2S. The third-order valence-electron chi connectivity index (χ3n) is 3.36. The number of rotatable bonds is 6. The van der Waals surface area contributed by atoms with E-state index in [2.05, 4.69) is 61.6 Å².